The summed E-state index contributed by atoms with van der Waals surface area (Å²) in [6, 6.07) is 13.4. The number of amides is 3. The fourth-order valence-corrected chi connectivity index (χ4v) is 4.42. The van der Waals surface area contributed by atoms with Gasteiger partial charge in [-0.15, -0.1) is 0 Å². The van der Waals surface area contributed by atoms with Crippen LogP contribution in [0.3, 0.4) is 0 Å². The molecule has 2 aliphatic heterocycles. The molecule has 1 fully saturated rings. The van der Waals surface area contributed by atoms with Crippen molar-refractivity contribution in [1.82, 2.24) is 15.1 Å². The topological polar surface area (TPSA) is 88.2 Å². The van der Waals surface area contributed by atoms with Crippen molar-refractivity contribution in [3.8, 4) is 5.75 Å². The summed E-state index contributed by atoms with van der Waals surface area (Å²) in [6.07, 6.45) is 0. The number of nitrogens with one attached hydrogen (secondary N) is 1. The predicted molar refractivity (Wildman–Crippen MR) is 146 cm³/mol. The van der Waals surface area contributed by atoms with Gasteiger partial charge in [0.2, 0.25) is 13.8 Å². The lowest BCUT2D eigenvalue weighted by atomic mass is 9.29. The zero-order valence-corrected chi connectivity index (χ0v) is 21.0. The van der Waals surface area contributed by atoms with Gasteiger partial charge >= 0.3 is 0 Å². The van der Waals surface area contributed by atoms with Gasteiger partial charge in [-0.3, -0.25) is 19.3 Å². The van der Waals surface area contributed by atoms with Gasteiger partial charge in [0, 0.05) is 37.3 Å². The largest absolute Gasteiger partial charge is 0.489 e. The first-order valence-corrected chi connectivity index (χ1v) is 12.2. The molecule has 13 heteroatoms. The minimum absolute atomic E-state index is 0.118. The van der Waals surface area contributed by atoms with E-state index in [1.54, 1.807) is 23.5 Å². The third-order valence-electron chi connectivity index (χ3n) is 6.76. The molecule has 0 bridgehead atoms. The van der Waals surface area contributed by atoms with Crippen LogP contribution in [0.4, 0.5) is 4.79 Å². The number of carbonyl (C=O) groups is 3. The summed E-state index contributed by atoms with van der Waals surface area (Å²) >= 11 is 0. The van der Waals surface area contributed by atoms with Gasteiger partial charge in [-0.2, -0.15) is 0 Å². The van der Waals surface area contributed by atoms with E-state index in [1.165, 1.54) is 10.5 Å². The number of rotatable bonds is 9. The number of nitrogens with zero attached hydrogens (tertiary/aromatic N) is 2. The quantitative estimate of drug-likeness (QED) is 0.501. The number of hydrogen-bond donors (Lipinski definition) is 1. The van der Waals surface area contributed by atoms with E-state index < -0.39 is 22.1 Å². The molecule has 0 spiro atoms. The summed E-state index contributed by atoms with van der Waals surface area (Å²) in [6.45, 7) is 4.29. The van der Waals surface area contributed by atoms with Gasteiger partial charge in [-0.25, -0.2) is 0 Å². The molecular formula is C25H24B5N3O5. The molecule has 2 heterocycles. The van der Waals surface area contributed by atoms with Crippen LogP contribution in [0.15, 0.2) is 42.5 Å². The zero-order chi connectivity index (χ0) is 27.5. The Hall–Kier alpha value is -2.91. The van der Waals surface area contributed by atoms with Crippen molar-refractivity contribution in [3.05, 3.63) is 64.7 Å². The molecule has 0 aliphatic carbocycles. The molecule has 184 valence electrons. The fraction of sp³-hybridized carbons (Fsp3) is 0.400. The molecular weight excluding hydrogens is 476 g/mol. The standard InChI is InChI=1S/C25H24B5N3O5/c26-23(36)31-22(35)25(29,30)24(27,28)15-33-13-19-18(21(33)34)2-1-3-20(19)38-14-17-6-4-16(5-7-17)12-32-8-10-37-11-9-32/h1-7H,8-15H2,(H,31,35,36). The van der Waals surface area contributed by atoms with E-state index in [0.29, 0.717) is 23.5 Å². The number of benzene rings is 2. The number of morpholine rings is 1. The first kappa shape index (κ1) is 28.1. The average molecular weight is 501 g/mol. The lowest BCUT2D eigenvalue weighted by molar-refractivity contribution is -0.121. The fourth-order valence-electron chi connectivity index (χ4n) is 4.42. The van der Waals surface area contributed by atoms with Crippen LogP contribution in [0.1, 0.15) is 27.0 Å². The van der Waals surface area contributed by atoms with Crippen molar-refractivity contribution >= 4 is 56.9 Å². The number of carbonyl (C=O) groups excluding carboxylic acids is 3. The Labute approximate surface area is 229 Å². The molecule has 2 aromatic rings. The smallest absolute Gasteiger partial charge is 0.254 e. The van der Waals surface area contributed by atoms with Crippen LogP contribution < -0.4 is 10.1 Å². The Balaban J connectivity index is 1.39. The lowest BCUT2D eigenvalue weighted by Crippen LogP contribution is -2.51. The van der Waals surface area contributed by atoms with Crippen LogP contribution in [-0.4, -0.2) is 99.5 Å². The molecule has 4 rings (SSSR count). The zero-order valence-electron chi connectivity index (χ0n) is 21.0. The van der Waals surface area contributed by atoms with Gasteiger partial charge in [0.25, 0.3) is 5.91 Å². The molecule has 0 unspecified atom stereocenters. The monoisotopic (exact) mass is 501 g/mol. The first-order valence-electron chi connectivity index (χ1n) is 12.2. The molecule has 0 aromatic heterocycles. The number of imide groups is 1. The van der Waals surface area contributed by atoms with Crippen molar-refractivity contribution in [3.63, 3.8) is 0 Å². The highest BCUT2D eigenvalue weighted by molar-refractivity contribution is 6.64. The maximum Gasteiger partial charge on any atom is 0.254 e. The van der Waals surface area contributed by atoms with Gasteiger partial charge in [-0.05, 0) is 28.5 Å². The summed E-state index contributed by atoms with van der Waals surface area (Å²) in [5, 5.41) is -2.72. The Morgan fingerprint density at radius 1 is 1.00 bits per heavy atom. The van der Waals surface area contributed by atoms with E-state index >= 15 is 0 Å². The van der Waals surface area contributed by atoms with Crippen LogP contribution in [0.25, 0.3) is 0 Å². The first-order chi connectivity index (χ1) is 18.0. The highest BCUT2D eigenvalue weighted by Crippen LogP contribution is 2.44. The number of fused-ring (bicyclic) bond motifs is 1. The van der Waals surface area contributed by atoms with Crippen molar-refractivity contribution in [2.24, 2.45) is 0 Å². The normalized spacial score (nSPS) is 16.2. The second-order valence-corrected chi connectivity index (χ2v) is 9.66. The summed E-state index contributed by atoms with van der Waals surface area (Å²) in [5.74, 6) is -2.17. The van der Waals surface area contributed by atoms with Crippen molar-refractivity contribution in [1.29, 1.82) is 0 Å². The lowest BCUT2D eigenvalue weighted by Gasteiger charge is -2.44. The molecule has 8 nitrogen and oxygen atoms in total. The van der Waals surface area contributed by atoms with Crippen molar-refractivity contribution in [2.45, 2.75) is 30.1 Å². The van der Waals surface area contributed by atoms with Gasteiger partial charge in [-0.1, -0.05) is 35.5 Å². The maximum atomic E-state index is 13.1. The molecule has 3 amide bonds. The Kier molecular flexibility index (Phi) is 8.47. The minimum atomic E-state index is -2.40. The third kappa shape index (κ3) is 6.21. The second-order valence-electron chi connectivity index (χ2n) is 9.66. The van der Waals surface area contributed by atoms with Gasteiger partial charge in [0.1, 0.15) is 12.4 Å². The molecule has 0 atom stereocenters. The molecule has 1 saturated heterocycles. The maximum absolute atomic E-state index is 13.1. The summed E-state index contributed by atoms with van der Waals surface area (Å²) in [7, 11) is 28.8. The van der Waals surface area contributed by atoms with E-state index in [0.717, 1.165) is 38.4 Å². The van der Waals surface area contributed by atoms with Crippen molar-refractivity contribution in [2.75, 3.05) is 32.8 Å². The number of hydrogen-bond acceptors (Lipinski definition) is 6. The second kappa shape index (κ2) is 11.5. The summed E-state index contributed by atoms with van der Waals surface area (Å²) in [4.78, 5) is 40.0. The minimum Gasteiger partial charge on any atom is -0.489 e. The molecule has 38 heavy (non-hydrogen) atoms. The van der Waals surface area contributed by atoms with Crippen LogP contribution in [0.5, 0.6) is 5.75 Å². The van der Waals surface area contributed by atoms with Gasteiger partial charge in [0.15, 0.2) is 5.81 Å². The van der Waals surface area contributed by atoms with Gasteiger partial charge < -0.3 is 19.7 Å². The summed E-state index contributed by atoms with van der Waals surface area (Å²) in [5.41, 5.74) is 3.26. The summed E-state index contributed by atoms with van der Waals surface area (Å²) < 4.78 is 11.5. The average Bonchev–Trinajstić information content (AvgIpc) is 3.18. The van der Waals surface area contributed by atoms with Crippen LogP contribution >= 0.6 is 0 Å². The Morgan fingerprint density at radius 3 is 2.32 bits per heavy atom. The molecule has 0 saturated carbocycles. The van der Waals surface area contributed by atoms with E-state index in [9.17, 15) is 14.4 Å². The third-order valence-corrected chi connectivity index (χ3v) is 6.76. The van der Waals surface area contributed by atoms with E-state index in [4.69, 9.17) is 48.7 Å². The van der Waals surface area contributed by atoms with E-state index in [1.807, 2.05) is 12.1 Å². The predicted octanol–water partition coefficient (Wildman–Crippen LogP) is 0.365. The molecule has 2 aromatic carbocycles. The molecule has 1 N–H and O–H groups in total. The molecule has 2 aliphatic rings. The highest BCUT2D eigenvalue weighted by atomic mass is 16.5. The number of ether oxygens (including phenoxy) is 2. The SMILES string of the molecule is [B]C(=O)NC(=O)C([B])([B])C([B])([B])CN1Cc2c(OCc3ccc(CN4CCOCC4)cc3)cccc2C1=O. The van der Waals surface area contributed by atoms with E-state index in [-0.39, 0.29) is 19.0 Å². The molecule has 10 radical (unpaired) electrons. The Bertz CT molecular complexity index is 1200. The Morgan fingerprint density at radius 2 is 1.66 bits per heavy atom. The highest BCUT2D eigenvalue weighted by Gasteiger charge is 2.44. The van der Waals surface area contributed by atoms with Crippen LogP contribution in [0, 0.1) is 0 Å². The van der Waals surface area contributed by atoms with Crippen LogP contribution in [0.2, 0.25) is 10.4 Å². The van der Waals surface area contributed by atoms with Crippen molar-refractivity contribution < 1.29 is 23.9 Å². The van der Waals surface area contributed by atoms with E-state index in [2.05, 4.69) is 17.0 Å². The van der Waals surface area contributed by atoms with Crippen LogP contribution in [-0.2, 0) is 29.2 Å². The van der Waals surface area contributed by atoms with Gasteiger partial charge in [0.05, 0.1) is 51.1 Å².